The average molecular weight is 570 g/mol. The summed E-state index contributed by atoms with van der Waals surface area (Å²) in [5.74, 6) is 2.24. The lowest BCUT2D eigenvalue weighted by atomic mass is 9.76. The Morgan fingerprint density at radius 3 is 2.60 bits per heavy atom. The molecular weight excluding hydrogens is 539 g/mol. The number of fused-ring (bicyclic) bond motifs is 3. The smallest absolute Gasteiger partial charge is 0.161 e. The van der Waals surface area contributed by atoms with Crippen LogP contribution in [0.2, 0.25) is 10.0 Å². The van der Waals surface area contributed by atoms with Crippen molar-refractivity contribution in [2.24, 2.45) is 10.9 Å². The molecule has 6 heteroatoms. The fraction of sp³-hybridized carbons (Fsp3) is 0.206. The highest BCUT2D eigenvalue weighted by Crippen LogP contribution is 2.50. The molecule has 0 radical (unpaired) electrons. The van der Waals surface area contributed by atoms with Gasteiger partial charge >= 0.3 is 0 Å². The van der Waals surface area contributed by atoms with E-state index in [1.165, 1.54) is 22.4 Å². The lowest BCUT2D eigenvalue weighted by Gasteiger charge is -2.37. The third kappa shape index (κ3) is 5.47. The van der Waals surface area contributed by atoms with Crippen LogP contribution in [0, 0.1) is 12.8 Å². The van der Waals surface area contributed by atoms with Gasteiger partial charge in [-0.05, 0) is 84.5 Å². The number of nitrogens with zero attached hydrogens (tertiary/aromatic N) is 1. The van der Waals surface area contributed by atoms with Crippen LogP contribution in [-0.4, -0.2) is 13.3 Å². The van der Waals surface area contributed by atoms with Crippen molar-refractivity contribution in [1.29, 1.82) is 0 Å². The number of hydrogen-bond acceptors (Lipinski definition) is 4. The van der Waals surface area contributed by atoms with Gasteiger partial charge in [0.15, 0.2) is 11.5 Å². The first-order valence-corrected chi connectivity index (χ1v) is 14.2. The normalized spacial score (nSPS) is 19.2. The van der Waals surface area contributed by atoms with Crippen molar-refractivity contribution in [3.63, 3.8) is 0 Å². The van der Waals surface area contributed by atoms with Crippen LogP contribution >= 0.6 is 23.2 Å². The summed E-state index contributed by atoms with van der Waals surface area (Å²) in [6.07, 6.45) is 7.64. The quantitative estimate of drug-likeness (QED) is 0.178. The number of rotatable bonds is 7. The number of nitrogens with one attached hydrogen (secondary N) is 1. The van der Waals surface area contributed by atoms with E-state index in [1.807, 2.05) is 30.5 Å². The van der Waals surface area contributed by atoms with E-state index in [0.717, 1.165) is 23.2 Å². The number of aryl methyl sites for hydroxylation is 1. The van der Waals surface area contributed by atoms with E-state index in [-0.39, 0.29) is 6.04 Å². The Balaban J connectivity index is 1.14. The minimum Gasteiger partial charge on any atom is -0.493 e. The molecule has 0 saturated carbocycles. The second-order valence-corrected chi connectivity index (χ2v) is 11.2. The fourth-order valence-electron chi connectivity index (χ4n) is 5.64. The summed E-state index contributed by atoms with van der Waals surface area (Å²) in [4.78, 5) is 4.71. The molecule has 0 bridgehead atoms. The maximum Gasteiger partial charge on any atom is 0.161 e. The molecule has 40 heavy (non-hydrogen) atoms. The lowest BCUT2D eigenvalue weighted by Crippen LogP contribution is -2.29. The van der Waals surface area contributed by atoms with Gasteiger partial charge < -0.3 is 14.8 Å². The monoisotopic (exact) mass is 568 g/mol. The minimum atomic E-state index is 0.271. The van der Waals surface area contributed by atoms with Crippen LogP contribution in [0.1, 0.15) is 46.2 Å². The predicted molar refractivity (Wildman–Crippen MR) is 165 cm³/mol. The second-order valence-electron chi connectivity index (χ2n) is 10.4. The van der Waals surface area contributed by atoms with E-state index in [9.17, 15) is 0 Å². The Bertz CT molecular complexity index is 1600. The van der Waals surface area contributed by atoms with Gasteiger partial charge in [-0.2, -0.15) is 0 Å². The molecule has 0 fully saturated rings. The Labute approximate surface area is 245 Å². The zero-order valence-corrected chi connectivity index (χ0v) is 23.9. The highest BCUT2D eigenvalue weighted by atomic mass is 35.5. The highest BCUT2D eigenvalue weighted by Gasteiger charge is 2.37. The zero-order chi connectivity index (χ0) is 27.6. The van der Waals surface area contributed by atoms with E-state index >= 15 is 0 Å². The molecule has 4 aromatic carbocycles. The van der Waals surface area contributed by atoms with Crippen LogP contribution in [0.4, 0.5) is 11.4 Å². The van der Waals surface area contributed by atoms with Gasteiger partial charge in [-0.3, -0.25) is 4.99 Å². The molecule has 202 valence electrons. The number of ether oxygens (including phenoxy) is 2. The Morgan fingerprint density at radius 2 is 1.80 bits per heavy atom. The van der Waals surface area contributed by atoms with E-state index < -0.39 is 0 Å². The first-order valence-electron chi connectivity index (χ1n) is 13.4. The zero-order valence-electron chi connectivity index (χ0n) is 22.4. The molecule has 1 aliphatic carbocycles. The molecule has 1 heterocycles. The molecule has 2 aliphatic rings. The second kappa shape index (κ2) is 11.4. The summed E-state index contributed by atoms with van der Waals surface area (Å²) < 4.78 is 11.5. The van der Waals surface area contributed by atoms with Crippen molar-refractivity contribution >= 4 is 40.8 Å². The van der Waals surface area contributed by atoms with Crippen LogP contribution in [-0.2, 0) is 6.61 Å². The number of aliphatic imine (C=N–C) groups is 1. The van der Waals surface area contributed by atoms with Gasteiger partial charge in [-0.15, -0.1) is 0 Å². The lowest BCUT2D eigenvalue weighted by molar-refractivity contribution is 0.284. The van der Waals surface area contributed by atoms with Crippen LogP contribution in [0.25, 0.3) is 0 Å². The number of halogens is 2. The summed E-state index contributed by atoms with van der Waals surface area (Å²) in [7, 11) is 1.63. The van der Waals surface area contributed by atoms with Gasteiger partial charge in [0, 0.05) is 33.4 Å². The maximum atomic E-state index is 6.28. The summed E-state index contributed by atoms with van der Waals surface area (Å²) in [5, 5.41) is 4.98. The molecule has 0 spiro atoms. The summed E-state index contributed by atoms with van der Waals surface area (Å²) in [5.41, 5.74) is 7.91. The molecule has 1 N–H and O–H groups in total. The summed E-state index contributed by atoms with van der Waals surface area (Å²) in [6.45, 7) is 2.47. The molecule has 6 rings (SSSR count). The third-order valence-electron chi connectivity index (χ3n) is 7.72. The van der Waals surface area contributed by atoms with E-state index in [0.29, 0.717) is 40.0 Å². The molecule has 1 aliphatic heterocycles. The molecule has 0 amide bonds. The minimum absolute atomic E-state index is 0.271. The number of methoxy groups -OCH3 is 1. The van der Waals surface area contributed by atoms with Gasteiger partial charge in [0.2, 0.25) is 0 Å². The molecule has 0 unspecified atom stereocenters. The Kier molecular flexibility index (Phi) is 7.55. The van der Waals surface area contributed by atoms with Crippen molar-refractivity contribution < 1.29 is 9.47 Å². The van der Waals surface area contributed by atoms with Gasteiger partial charge in [-0.1, -0.05) is 71.2 Å². The fourth-order valence-corrected chi connectivity index (χ4v) is 6.10. The van der Waals surface area contributed by atoms with E-state index in [2.05, 4.69) is 66.9 Å². The summed E-state index contributed by atoms with van der Waals surface area (Å²) >= 11 is 12.3. The van der Waals surface area contributed by atoms with Crippen molar-refractivity contribution in [2.45, 2.75) is 31.9 Å². The molecule has 4 nitrogen and oxygen atoms in total. The Hall–Kier alpha value is -3.73. The molecule has 3 atom stereocenters. The molecule has 0 saturated heterocycles. The average Bonchev–Trinajstić information content (AvgIpc) is 3.46. The number of allylic oxidation sites excluding steroid dienone is 2. The van der Waals surface area contributed by atoms with Crippen LogP contribution in [0.5, 0.6) is 11.5 Å². The van der Waals surface area contributed by atoms with Crippen molar-refractivity contribution in [3.8, 4) is 11.5 Å². The number of hydrogen-bond donors (Lipinski definition) is 1. The van der Waals surface area contributed by atoms with Crippen LogP contribution in [0.3, 0.4) is 0 Å². The molecule has 0 aromatic heterocycles. The predicted octanol–water partition coefficient (Wildman–Crippen LogP) is 9.47. The van der Waals surface area contributed by atoms with Crippen molar-refractivity contribution in [2.75, 3.05) is 12.4 Å². The first kappa shape index (κ1) is 26.5. The number of anilines is 1. The Morgan fingerprint density at radius 1 is 0.950 bits per heavy atom. The number of benzene rings is 4. The van der Waals surface area contributed by atoms with Gasteiger partial charge in [0.05, 0.1) is 18.8 Å². The SMILES string of the molecule is COc1cc(C=Nc2ccc([C@@H]3Nc4ccc(C)cc4[C@H]4C=CC[C@@H]43)cc2)ccc1OCc1ccc(Cl)cc1Cl. The van der Waals surface area contributed by atoms with Gasteiger partial charge in [-0.25, -0.2) is 0 Å². The van der Waals surface area contributed by atoms with E-state index in [4.69, 9.17) is 37.7 Å². The van der Waals surface area contributed by atoms with Gasteiger partial charge in [0.25, 0.3) is 0 Å². The first-order chi connectivity index (χ1) is 19.5. The van der Waals surface area contributed by atoms with Crippen LogP contribution < -0.4 is 14.8 Å². The standard InChI is InChI=1S/C34H30Cl2N2O2/c1-21-6-14-31-29(16-21)27-4-3-5-28(27)34(38-31)23-9-12-26(13-10-23)37-19-22-7-15-32(33(17-22)39-2)40-20-24-8-11-25(35)18-30(24)36/h3-4,6-19,27-28,34,38H,5,20H2,1-2H3/t27-,28-,34-/m0/s1. The summed E-state index contributed by atoms with van der Waals surface area (Å²) in [6, 6.07) is 26.7. The molecule has 4 aromatic rings. The van der Waals surface area contributed by atoms with Crippen molar-refractivity contribution in [1.82, 2.24) is 0 Å². The third-order valence-corrected chi connectivity index (χ3v) is 8.31. The highest BCUT2D eigenvalue weighted by molar-refractivity contribution is 6.35. The van der Waals surface area contributed by atoms with E-state index in [1.54, 1.807) is 19.2 Å². The molecular formula is C34H30Cl2N2O2. The topological polar surface area (TPSA) is 42.8 Å². The largest absolute Gasteiger partial charge is 0.493 e. The van der Waals surface area contributed by atoms with Crippen LogP contribution in [0.15, 0.2) is 96.0 Å². The van der Waals surface area contributed by atoms with Gasteiger partial charge in [0.1, 0.15) is 6.61 Å². The maximum absolute atomic E-state index is 6.28. The van der Waals surface area contributed by atoms with Crippen molar-refractivity contribution in [3.05, 3.63) is 129 Å².